The largest absolute Gasteiger partial charge is 0.379 e. The molecule has 1 aromatic rings. The van der Waals surface area contributed by atoms with E-state index in [4.69, 9.17) is 16.3 Å². The molecule has 1 aliphatic heterocycles. The van der Waals surface area contributed by atoms with Crippen LogP contribution in [0.5, 0.6) is 0 Å². The molecule has 0 unspecified atom stereocenters. The molecule has 142 valence electrons. The molecule has 2 rings (SSSR count). The van der Waals surface area contributed by atoms with Crippen LogP contribution in [0.25, 0.3) is 0 Å². The number of aliphatic imine (C=N–C) groups is 1. The summed E-state index contributed by atoms with van der Waals surface area (Å²) in [4.78, 5) is 6.74. The van der Waals surface area contributed by atoms with Crippen LogP contribution in [0.3, 0.4) is 0 Å². The van der Waals surface area contributed by atoms with E-state index in [2.05, 4.69) is 32.7 Å². The van der Waals surface area contributed by atoms with E-state index in [1.165, 1.54) is 12.0 Å². The fourth-order valence-electron chi connectivity index (χ4n) is 2.69. The molecule has 0 saturated carbocycles. The molecule has 1 heterocycles. The van der Waals surface area contributed by atoms with E-state index >= 15 is 0 Å². The predicted octanol–water partition coefficient (Wildman–Crippen LogP) is 2.78. The fourth-order valence-corrected chi connectivity index (χ4v) is 2.81. The zero-order valence-corrected chi connectivity index (χ0v) is 18.1. The molecular formula is C18H30ClIN4O. The summed E-state index contributed by atoms with van der Waals surface area (Å²) in [6.07, 6.45) is 3.30. The molecule has 0 aromatic heterocycles. The summed E-state index contributed by atoms with van der Waals surface area (Å²) in [6.45, 7) is 6.86. The molecule has 0 atom stereocenters. The number of rotatable bonds is 8. The smallest absolute Gasteiger partial charge is 0.190 e. The average Bonchev–Trinajstić information content (AvgIpc) is 2.62. The zero-order chi connectivity index (χ0) is 17.0. The number of hydrogen-bond acceptors (Lipinski definition) is 3. The number of unbranched alkanes of at least 4 members (excludes halogenated alkanes) is 1. The minimum atomic E-state index is 0. The summed E-state index contributed by atoms with van der Waals surface area (Å²) in [5, 5.41) is 7.51. The van der Waals surface area contributed by atoms with E-state index < -0.39 is 0 Å². The van der Waals surface area contributed by atoms with E-state index in [1.807, 2.05) is 19.2 Å². The van der Waals surface area contributed by atoms with Crippen molar-refractivity contribution in [3.05, 3.63) is 34.9 Å². The van der Waals surface area contributed by atoms with E-state index in [1.54, 1.807) is 0 Å². The fraction of sp³-hybridized carbons (Fsp3) is 0.611. The number of ether oxygens (including phenoxy) is 1. The lowest BCUT2D eigenvalue weighted by molar-refractivity contribution is 0.0372. The van der Waals surface area contributed by atoms with Gasteiger partial charge in [-0.15, -0.1) is 24.0 Å². The molecule has 1 saturated heterocycles. The second-order valence-electron chi connectivity index (χ2n) is 5.96. The lowest BCUT2D eigenvalue weighted by Gasteiger charge is -2.26. The molecular weight excluding hydrogens is 451 g/mol. The van der Waals surface area contributed by atoms with Crippen LogP contribution in [-0.2, 0) is 11.2 Å². The highest BCUT2D eigenvalue weighted by Crippen LogP contribution is 2.09. The topological polar surface area (TPSA) is 48.9 Å². The Morgan fingerprint density at radius 1 is 1.12 bits per heavy atom. The van der Waals surface area contributed by atoms with Gasteiger partial charge in [-0.3, -0.25) is 9.89 Å². The first kappa shape index (κ1) is 22.5. The van der Waals surface area contributed by atoms with E-state index in [0.29, 0.717) is 0 Å². The molecule has 0 bridgehead atoms. The Balaban J connectivity index is 0.00000312. The van der Waals surface area contributed by atoms with Gasteiger partial charge in [0, 0.05) is 38.2 Å². The molecule has 0 spiro atoms. The van der Waals surface area contributed by atoms with Crippen molar-refractivity contribution in [1.29, 1.82) is 0 Å². The molecule has 0 aliphatic carbocycles. The number of halogens is 2. The number of nitrogens with zero attached hydrogens (tertiary/aromatic N) is 2. The first-order valence-corrected chi connectivity index (χ1v) is 9.15. The third kappa shape index (κ3) is 9.63. The first-order valence-electron chi connectivity index (χ1n) is 8.77. The van der Waals surface area contributed by atoms with Gasteiger partial charge < -0.3 is 15.4 Å². The number of guanidine groups is 1. The number of nitrogens with one attached hydrogen (secondary N) is 2. The normalized spacial score (nSPS) is 15.5. The van der Waals surface area contributed by atoms with Gasteiger partial charge in [-0.05, 0) is 43.5 Å². The van der Waals surface area contributed by atoms with Gasteiger partial charge in [-0.2, -0.15) is 0 Å². The minimum Gasteiger partial charge on any atom is -0.379 e. The molecule has 1 fully saturated rings. The molecule has 1 aromatic carbocycles. The van der Waals surface area contributed by atoms with Crippen LogP contribution in [0.1, 0.15) is 18.4 Å². The van der Waals surface area contributed by atoms with Gasteiger partial charge in [0.05, 0.1) is 13.2 Å². The van der Waals surface area contributed by atoms with Crippen LogP contribution in [-0.4, -0.2) is 63.8 Å². The Morgan fingerprint density at radius 2 is 1.80 bits per heavy atom. The van der Waals surface area contributed by atoms with E-state index in [0.717, 1.165) is 69.8 Å². The van der Waals surface area contributed by atoms with E-state index in [-0.39, 0.29) is 24.0 Å². The Bertz CT molecular complexity index is 492. The van der Waals surface area contributed by atoms with Crippen LogP contribution in [0.2, 0.25) is 5.02 Å². The Labute approximate surface area is 173 Å². The van der Waals surface area contributed by atoms with Crippen molar-refractivity contribution in [3.63, 3.8) is 0 Å². The van der Waals surface area contributed by atoms with Crippen molar-refractivity contribution in [2.45, 2.75) is 19.3 Å². The second kappa shape index (κ2) is 13.6. The second-order valence-corrected chi connectivity index (χ2v) is 6.40. The van der Waals surface area contributed by atoms with Gasteiger partial charge in [0.25, 0.3) is 0 Å². The lowest BCUT2D eigenvalue weighted by atomic mass is 10.1. The molecule has 25 heavy (non-hydrogen) atoms. The summed E-state index contributed by atoms with van der Waals surface area (Å²) in [6, 6.07) is 7.98. The van der Waals surface area contributed by atoms with Gasteiger partial charge in [-0.25, -0.2) is 0 Å². The Kier molecular flexibility index (Phi) is 12.2. The summed E-state index contributed by atoms with van der Waals surface area (Å²) < 4.78 is 5.36. The first-order chi connectivity index (χ1) is 11.8. The molecule has 7 heteroatoms. The van der Waals surface area contributed by atoms with Crippen molar-refractivity contribution >= 4 is 41.5 Å². The third-order valence-corrected chi connectivity index (χ3v) is 4.39. The van der Waals surface area contributed by atoms with E-state index in [9.17, 15) is 0 Å². The third-order valence-electron chi connectivity index (χ3n) is 4.14. The van der Waals surface area contributed by atoms with Crippen molar-refractivity contribution in [2.24, 2.45) is 4.99 Å². The van der Waals surface area contributed by atoms with Crippen molar-refractivity contribution in [2.75, 3.05) is 53.0 Å². The van der Waals surface area contributed by atoms with Crippen LogP contribution < -0.4 is 10.6 Å². The van der Waals surface area contributed by atoms with Crippen molar-refractivity contribution in [3.8, 4) is 0 Å². The lowest BCUT2D eigenvalue weighted by Crippen LogP contribution is -2.39. The highest BCUT2D eigenvalue weighted by Gasteiger charge is 2.09. The molecule has 0 radical (unpaired) electrons. The SMILES string of the molecule is CN=C(NCCCCN1CCOCC1)NCCc1ccc(Cl)cc1.I. The van der Waals surface area contributed by atoms with Gasteiger partial charge in [0.2, 0.25) is 0 Å². The van der Waals surface area contributed by atoms with Gasteiger partial charge >= 0.3 is 0 Å². The monoisotopic (exact) mass is 480 g/mol. The predicted molar refractivity (Wildman–Crippen MR) is 116 cm³/mol. The molecule has 5 nitrogen and oxygen atoms in total. The highest BCUT2D eigenvalue weighted by atomic mass is 127. The minimum absolute atomic E-state index is 0. The Hall–Kier alpha value is -0.570. The zero-order valence-electron chi connectivity index (χ0n) is 15.0. The maximum atomic E-state index is 5.90. The maximum Gasteiger partial charge on any atom is 0.190 e. The number of benzene rings is 1. The quantitative estimate of drug-likeness (QED) is 0.260. The van der Waals surface area contributed by atoms with Gasteiger partial charge in [0.15, 0.2) is 5.96 Å². The highest BCUT2D eigenvalue weighted by molar-refractivity contribution is 14.0. The summed E-state index contributed by atoms with van der Waals surface area (Å²) in [5.74, 6) is 0.871. The van der Waals surface area contributed by atoms with Crippen LogP contribution >= 0.6 is 35.6 Å². The molecule has 1 aliphatic rings. The molecule has 2 N–H and O–H groups in total. The van der Waals surface area contributed by atoms with Crippen molar-refractivity contribution < 1.29 is 4.74 Å². The van der Waals surface area contributed by atoms with Crippen LogP contribution in [0.15, 0.2) is 29.3 Å². The Morgan fingerprint density at radius 3 is 2.48 bits per heavy atom. The summed E-state index contributed by atoms with van der Waals surface area (Å²) in [5.41, 5.74) is 1.27. The van der Waals surface area contributed by atoms with Crippen LogP contribution in [0.4, 0.5) is 0 Å². The maximum absolute atomic E-state index is 5.90. The van der Waals surface area contributed by atoms with Crippen LogP contribution in [0, 0.1) is 0 Å². The van der Waals surface area contributed by atoms with Crippen molar-refractivity contribution in [1.82, 2.24) is 15.5 Å². The summed E-state index contributed by atoms with van der Waals surface area (Å²) in [7, 11) is 1.81. The molecule has 0 amide bonds. The average molecular weight is 481 g/mol. The number of hydrogen-bond donors (Lipinski definition) is 2. The van der Waals surface area contributed by atoms with Gasteiger partial charge in [-0.1, -0.05) is 23.7 Å². The summed E-state index contributed by atoms with van der Waals surface area (Å²) >= 11 is 5.90. The number of morpholine rings is 1. The standard InChI is InChI=1S/C18H29ClN4O.HI/c1-20-18(22-10-8-16-4-6-17(19)7-5-16)21-9-2-3-11-23-12-14-24-15-13-23;/h4-7H,2-3,8-15H2,1H3,(H2,20,21,22);1H. The van der Waals surface area contributed by atoms with Gasteiger partial charge in [0.1, 0.15) is 0 Å².